The minimum atomic E-state index is -0.641. The average molecular weight is 188 g/mol. The van der Waals surface area contributed by atoms with Crippen LogP contribution >= 0.6 is 11.6 Å². The standard InChI is InChI=1S/C7H3ClFNO2/c8-4-1-3(9)2-5-6(4)12-7(11)10-5/h1-2H,(H,10,11). The molecule has 0 amide bonds. The number of aromatic amines is 1. The lowest BCUT2D eigenvalue weighted by Crippen LogP contribution is -1.92. The summed E-state index contributed by atoms with van der Waals surface area (Å²) in [5.74, 6) is -1.15. The molecule has 0 aliphatic rings. The molecule has 62 valence electrons. The fourth-order valence-corrected chi connectivity index (χ4v) is 1.23. The maximum atomic E-state index is 12.7. The van der Waals surface area contributed by atoms with E-state index in [1.54, 1.807) is 0 Å². The number of oxazole rings is 1. The number of hydrogen-bond acceptors (Lipinski definition) is 2. The van der Waals surface area contributed by atoms with Gasteiger partial charge < -0.3 is 4.42 Å². The minimum Gasteiger partial charge on any atom is -0.406 e. The summed E-state index contributed by atoms with van der Waals surface area (Å²) in [6, 6.07) is 2.23. The molecule has 0 aliphatic heterocycles. The highest BCUT2D eigenvalue weighted by Crippen LogP contribution is 2.21. The van der Waals surface area contributed by atoms with E-state index in [9.17, 15) is 9.18 Å². The molecule has 1 aromatic carbocycles. The van der Waals surface area contributed by atoms with Crippen LogP contribution in [-0.2, 0) is 0 Å². The number of aromatic nitrogens is 1. The number of fused-ring (bicyclic) bond motifs is 1. The molecule has 0 bridgehead atoms. The predicted octanol–water partition coefficient (Wildman–Crippen LogP) is 1.91. The summed E-state index contributed by atoms with van der Waals surface area (Å²) in [5.41, 5.74) is 0.452. The molecule has 0 saturated heterocycles. The molecule has 0 atom stereocenters. The van der Waals surface area contributed by atoms with Crippen LogP contribution in [0.3, 0.4) is 0 Å². The van der Waals surface area contributed by atoms with Gasteiger partial charge in [-0.1, -0.05) is 11.6 Å². The predicted molar refractivity (Wildman–Crippen MR) is 41.8 cm³/mol. The molecule has 2 rings (SSSR count). The highest BCUT2D eigenvalue weighted by Gasteiger charge is 2.06. The van der Waals surface area contributed by atoms with Gasteiger partial charge in [0, 0.05) is 6.07 Å². The molecule has 5 heteroatoms. The maximum Gasteiger partial charge on any atom is 0.417 e. The third kappa shape index (κ3) is 1.00. The Hall–Kier alpha value is -1.29. The Morgan fingerprint density at radius 2 is 2.25 bits per heavy atom. The molecule has 12 heavy (non-hydrogen) atoms. The molecule has 0 saturated carbocycles. The zero-order chi connectivity index (χ0) is 8.72. The second-order valence-corrected chi connectivity index (χ2v) is 2.69. The maximum absolute atomic E-state index is 12.7. The Kier molecular flexibility index (Phi) is 1.44. The van der Waals surface area contributed by atoms with Crippen LogP contribution in [0.5, 0.6) is 0 Å². The first kappa shape index (κ1) is 7.36. The van der Waals surface area contributed by atoms with Crippen LogP contribution < -0.4 is 5.76 Å². The average Bonchev–Trinajstić information content (AvgIpc) is 2.29. The van der Waals surface area contributed by atoms with Gasteiger partial charge in [0.15, 0.2) is 5.58 Å². The molecule has 3 nitrogen and oxygen atoms in total. The van der Waals surface area contributed by atoms with Crippen LogP contribution in [0.25, 0.3) is 11.1 Å². The summed E-state index contributed by atoms with van der Waals surface area (Å²) < 4.78 is 17.3. The molecular weight excluding hydrogens is 185 g/mol. The van der Waals surface area contributed by atoms with Crippen molar-refractivity contribution < 1.29 is 8.81 Å². The van der Waals surface area contributed by atoms with Gasteiger partial charge in [-0.3, -0.25) is 4.98 Å². The quantitative estimate of drug-likeness (QED) is 0.685. The Morgan fingerprint density at radius 3 is 3.00 bits per heavy atom. The second kappa shape index (κ2) is 2.35. The van der Waals surface area contributed by atoms with Crippen LogP contribution in [0.2, 0.25) is 5.02 Å². The van der Waals surface area contributed by atoms with Crippen molar-refractivity contribution in [3.63, 3.8) is 0 Å². The van der Waals surface area contributed by atoms with E-state index in [4.69, 9.17) is 11.6 Å². The summed E-state index contributed by atoms with van der Waals surface area (Å²) in [6.07, 6.45) is 0. The van der Waals surface area contributed by atoms with E-state index in [0.29, 0.717) is 0 Å². The summed E-state index contributed by atoms with van der Waals surface area (Å²) in [7, 11) is 0. The fourth-order valence-electron chi connectivity index (χ4n) is 0.985. The zero-order valence-corrected chi connectivity index (χ0v) is 6.48. The van der Waals surface area contributed by atoms with Crippen molar-refractivity contribution in [1.82, 2.24) is 4.98 Å². The third-order valence-corrected chi connectivity index (χ3v) is 1.72. The van der Waals surface area contributed by atoms with Crippen LogP contribution in [0.15, 0.2) is 21.3 Å². The molecule has 1 aromatic heterocycles. The van der Waals surface area contributed by atoms with Crippen molar-refractivity contribution in [2.24, 2.45) is 0 Å². The molecule has 2 aromatic rings. The summed E-state index contributed by atoms with van der Waals surface area (Å²) >= 11 is 5.58. The number of nitrogens with one attached hydrogen (secondary N) is 1. The monoisotopic (exact) mass is 187 g/mol. The second-order valence-electron chi connectivity index (χ2n) is 2.28. The molecular formula is C7H3ClFNO2. The molecule has 0 aliphatic carbocycles. The Morgan fingerprint density at radius 1 is 1.50 bits per heavy atom. The Bertz CT molecular complexity index is 488. The largest absolute Gasteiger partial charge is 0.417 e. The first-order valence-corrected chi connectivity index (χ1v) is 3.52. The smallest absolute Gasteiger partial charge is 0.406 e. The number of rotatable bonds is 0. The van der Waals surface area contributed by atoms with E-state index in [1.165, 1.54) is 0 Å². The summed E-state index contributed by atoms with van der Waals surface area (Å²) in [6.45, 7) is 0. The van der Waals surface area contributed by atoms with E-state index < -0.39 is 11.6 Å². The van der Waals surface area contributed by atoms with Gasteiger partial charge >= 0.3 is 5.76 Å². The fraction of sp³-hybridized carbons (Fsp3) is 0. The van der Waals surface area contributed by atoms with Crippen molar-refractivity contribution >= 4 is 22.7 Å². The molecule has 0 fully saturated rings. The lowest BCUT2D eigenvalue weighted by Gasteiger charge is -1.90. The summed E-state index contributed by atoms with van der Waals surface area (Å²) in [4.78, 5) is 12.9. The number of H-pyrrole nitrogens is 1. The van der Waals surface area contributed by atoms with Crippen molar-refractivity contribution in [2.45, 2.75) is 0 Å². The highest BCUT2D eigenvalue weighted by molar-refractivity contribution is 6.34. The highest BCUT2D eigenvalue weighted by atomic mass is 35.5. The van der Waals surface area contributed by atoms with Gasteiger partial charge in [0.05, 0.1) is 10.5 Å². The first-order valence-electron chi connectivity index (χ1n) is 3.15. The lowest BCUT2D eigenvalue weighted by atomic mass is 10.3. The van der Waals surface area contributed by atoms with Gasteiger partial charge in [0.2, 0.25) is 0 Å². The van der Waals surface area contributed by atoms with E-state index >= 15 is 0 Å². The van der Waals surface area contributed by atoms with Gasteiger partial charge in [0.1, 0.15) is 5.82 Å². The molecule has 0 radical (unpaired) electrons. The molecule has 0 spiro atoms. The molecule has 1 N–H and O–H groups in total. The van der Waals surface area contributed by atoms with Gasteiger partial charge in [-0.05, 0) is 6.07 Å². The van der Waals surface area contributed by atoms with Crippen molar-refractivity contribution in [2.75, 3.05) is 0 Å². The Balaban J connectivity index is 2.97. The summed E-state index contributed by atoms with van der Waals surface area (Å²) in [5, 5.41) is 0.0864. The van der Waals surface area contributed by atoms with Crippen LogP contribution in [0.1, 0.15) is 0 Å². The van der Waals surface area contributed by atoms with Gasteiger partial charge in [-0.2, -0.15) is 0 Å². The Labute approximate surface area is 70.8 Å². The minimum absolute atomic E-state index is 0.0864. The van der Waals surface area contributed by atoms with Crippen LogP contribution in [0, 0.1) is 5.82 Å². The number of halogens is 2. The van der Waals surface area contributed by atoms with E-state index in [1.807, 2.05) is 0 Å². The lowest BCUT2D eigenvalue weighted by molar-refractivity contribution is 0.555. The van der Waals surface area contributed by atoms with Crippen molar-refractivity contribution in [3.05, 3.63) is 33.5 Å². The van der Waals surface area contributed by atoms with E-state index in [0.717, 1.165) is 12.1 Å². The molecule has 1 heterocycles. The number of hydrogen-bond donors (Lipinski definition) is 1. The van der Waals surface area contributed by atoms with Gasteiger partial charge in [0.25, 0.3) is 0 Å². The van der Waals surface area contributed by atoms with E-state index in [2.05, 4.69) is 9.40 Å². The van der Waals surface area contributed by atoms with E-state index in [-0.39, 0.29) is 16.1 Å². The SMILES string of the molecule is O=c1[nH]c2cc(F)cc(Cl)c2o1. The zero-order valence-electron chi connectivity index (χ0n) is 5.73. The third-order valence-electron chi connectivity index (χ3n) is 1.44. The number of benzene rings is 1. The normalized spacial score (nSPS) is 10.8. The van der Waals surface area contributed by atoms with Crippen LogP contribution in [-0.4, -0.2) is 4.98 Å². The van der Waals surface area contributed by atoms with Crippen molar-refractivity contribution in [3.8, 4) is 0 Å². The topological polar surface area (TPSA) is 46.0 Å². The van der Waals surface area contributed by atoms with Crippen LogP contribution in [0.4, 0.5) is 4.39 Å². The van der Waals surface area contributed by atoms with Gasteiger partial charge in [-0.15, -0.1) is 0 Å². The van der Waals surface area contributed by atoms with Crippen molar-refractivity contribution in [1.29, 1.82) is 0 Å². The first-order chi connectivity index (χ1) is 5.66. The van der Waals surface area contributed by atoms with Gasteiger partial charge in [-0.25, -0.2) is 9.18 Å². The molecule has 0 unspecified atom stereocenters.